The summed E-state index contributed by atoms with van der Waals surface area (Å²) in [4.78, 5) is 12.4. The summed E-state index contributed by atoms with van der Waals surface area (Å²) in [5.74, 6) is 0.349. The van der Waals surface area contributed by atoms with Crippen LogP contribution in [0.5, 0.6) is 5.75 Å². The first-order valence-electron chi connectivity index (χ1n) is 8.30. The summed E-state index contributed by atoms with van der Waals surface area (Å²) < 4.78 is 31.0. The van der Waals surface area contributed by atoms with Crippen LogP contribution in [0.3, 0.4) is 0 Å². The average Bonchev–Trinajstić information content (AvgIpc) is 2.58. The highest BCUT2D eigenvalue weighted by Gasteiger charge is 2.28. The molecular formula is C19H24N2O4S. The molecule has 1 N–H and O–H groups in total. The highest BCUT2D eigenvalue weighted by Crippen LogP contribution is 2.20. The molecular weight excluding hydrogens is 352 g/mol. The maximum absolute atomic E-state index is 12.4. The van der Waals surface area contributed by atoms with Crippen molar-refractivity contribution < 1.29 is 17.9 Å². The van der Waals surface area contributed by atoms with E-state index in [0.717, 1.165) is 21.9 Å². The minimum atomic E-state index is -3.60. The molecule has 0 unspecified atom stereocenters. The number of nitrogens with zero attached hydrogens (tertiary/aromatic N) is 1. The zero-order valence-electron chi connectivity index (χ0n) is 15.2. The Hall–Kier alpha value is -2.54. The van der Waals surface area contributed by atoms with E-state index in [9.17, 15) is 13.2 Å². The van der Waals surface area contributed by atoms with Crippen LogP contribution in [0.1, 0.15) is 12.5 Å². The lowest BCUT2D eigenvalue weighted by molar-refractivity contribution is -0.121. The van der Waals surface area contributed by atoms with E-state index in [0.29, 0.717) is 12.3 Å². The van der Waals surface area contributed by atoms with Gasteiger partial charge in [0.1, 0.15) is 18.4 Å². The third-order valence-corrected chi connectivity index (χ3v) is 5.00. The van der Waals surface area contributed by atoms with Crippen molar-refractivity contribution in [3.05, 3.63) is 60.2 Å². The zero-order chi connectivity index (χ0) is 19.2. The van der Waals surface area contributed by atoms with Gasteiger partial charge >= 0.3 is 0 Å². The van der Waals surface area contributed by atoms with Crippen molar-refractivity contribution in [1.82, 2.24) is 5.32 Å². The minimum Gasteiger partial charge on any atom is -0.492 e. The highest BCUT2D eigenvalue weighted by molar-refractivity contribution is 7.92. The minimum absolute atomic E-state index is 0.281. The number of amides is 1. The fourth-order valence-corrected chi connectivity index (χ4v) is 3.75. The SMILES string of the molecule is Cc1cccc(OCCNC(=O)[C@@H](C)N(c2ccccc2)S(C)(=O)=O)c1. The predicted molar refractivity (Wildman–Crippen MR) is 103 cm³/mol. The molecule has 2 aromatic rings. The number of carbonyl (C=O) groups excluding carboxylic acids is 1. The molecule has 0 aliphatic carbocycles. The van der Waals surface area contributed by atoms with Crippen LogP contribution in [0.2, 0.25) is 0 Å². The molecule has 140 valence electrons. The van der Waals surface area contributed by atoms with E-state index < -0.39 is 16.1 Å². The van der Waals surface area contributed by atoms with Crippen LogP contribution in [0.4, 0.5) is 5.69 Å². The summed E-state index contributed by atoms with van der Waals surface area (Å²) >= 11 is 0. The lowest BCUT2D eigenvalue weighted by Gasteiger charge is -2.28. The first-order chi connectivity index (χ1) is 12.3. The molecule has 7 heteroatoms. The number of benzene rings is 2. The third-order valence-electron chi connectivity index (χ3n) is 3.76. The molecule has 0 aromatic heterocycles. The fraction of sp³-hybridized carbons (Fsp3) is 0.316. The molecule has 1 atom stereocenters. The largest absolute Gasteiger partial charge is 0.492 e. The molecule has 0 heterocycles. The van der Waals surface area contributed by atoms with Gasteiger partial charge in [-0.3, -0.25) is 9.10 Å². The number of aryl methyl sites for hydroxylation is 1. The van der Waals surface area contributed by atoms with Crippen LogP contribution in [0, 0.1) is 6.92 Å². The van der Waals surface area contributed by atoms with Crippen molar-refractivity contribution in [1.29, 1.82) is 0 Å². The first-order valence-corrected chi connectivity index (χ1v) is 10.2. The summed E-state index contributed by atoms with van der Waals surface area (Å²) in [6.45, 7) is 4.11. The Balaban J connectivity index is 1.94. The molecule has 0 aliphatic rings. The van der Waals surface area contributed by atoms with Crippen LogP contribution >= 0.6 is 0 Å². The number of rotatable bonds is 8. The second-order valence-electron chi connectivity index (χ2n) is 6.03. The van der Waals surface area contributed by atoms with Crippen molar-refractivity contribution in [2.24, 2.45) is 0 Å². The summed E-state index contributed by atoms with van der Waals surface area (Å²) in [5.41, 5.74) is 1.54. The van der Waals surface area contributed by atoms with E-state index in [1.807, 2.05) is 31.2 Å². The van der Waals surface area contributed by atoms with Gasteiger partial charge in [0, 0.05) is 0 Å². The number of ether oxygens (including phenoxy) is 1. The molecule has 0 saturated heterocycles. The topological polar surface area (TPSA) is 75.7 Å². The van der Waals surface area contributed by atoms with E-state index in [1.165, 1.54) is 0 Å². The second kappa shape index (κ2) is 8.71. The van der Waals surface area contributed by atoms with E-state index in [4.69, 9.17) is 4.74 Å². The monoisotopic (exact) mass is 376 g/mol. The zero-order valence-corrected chi connectivity index (χ0v) is 16.0. The number of sulfonamides is 1. The van der Waals surface area contributed by atoms with Crippen molar-refractivity contribution in [3.63, 3.8) is 0 Å². The molecule has 0 spiro atoms. The van der Waals surface area contributed by atoms with Crippen LogP contribution in [0.25, 0.3) is 0 Å². The number of hydrogen-bond acceptors (Lipinski definition) is 4. The molecule has 1 amide bonds. The molecule has 0 fully saturated rings. The van der Waals surface area contributed by atoms with Gasteiger partial charge in [0.15, 0.2) is 0 Å². The molecule has 0 bridgehead atoms. The Morgan fingerprint density at radius 1 is 1.15 bits per heavy atom. The lowest BCUT2D eigenvalue weighted by atomic mass is 10.2. The fourth-order valence-electron chi connectivity index (χ4n) is 2.58. The van der Waals surface area contributed by atoms with Gasteiger partial charge in [0.25, 0.3) is 0 Å². The molecule has 0 radical (unpaired) electrons. The van der Waals surface area contributed by atoms with E-state index in [-0.39, 0.29) is 12.5 Å². The Bertz CT molecular complexity index is 838. The van der Waals surface area contributed by atoms with E-state index >= 15 is 0 Å². The summed E-state index contributed by atoms with van der Waals surface area (Å²) in [5, 5.41) is 2.72. The average molecular weight is 376 g/mol. The van der Waals surface area contributed by atoms with Crippen LogP contribution in [-0.4, -0.2) is 39.8 Å². The summed E-state index contributed by atoms with van der Waals surface area (Å²) in [6.07, 6.45) is 1.09. The van der Waals surface area contributed by atoms with E-state index in [2.05, 4.69) is 5.32 Å². The maximum atomic E-state index is 12.4. The van der Waals surface area contributed by atoms with Gasteiger partial charge in [0.2, 0.25) is 15.9 Å². The van der Waals surface area contributed by atoms with Crippen LogP contribution < -0.4 is 14.4 Å². The number of carbonyl (C=O) groups is 1. The standard InChI is InChI=1S/C19H24N2O4S/c1-15-8-7-11-18(14-15)25-13-12-20-19(22)16(2)21(26(3,23)24)17-9-5-4-6-10-17/h4-11,14,16H,12-13H2,1-3H3,(H,20,22)/t16-/m1/s1. The first kappa shape index (κ1) is 19.8. The molecule has 6 nitrogen and oxygen atoms in total. The van der Waals surface area contributed by atoms with Crippen molar-refractivity contribution in [2.75, 3.05) is 23.7 Å². The highest BCUT2D eigenvalue weighted by atomic mass is 32.2. The van der Waals surface area contributed by atoms with Gasteiger partial charge in [-0.05, 0) is 43.7 Å². The van der Waals surface area contributed by atoms with Crippen LogP contribution in [-0.2, 0) is 14.8 Å². The predicted octanol–water partition coefficient (Wildman–Crippen LogP) is 2.34. The third kappa shape index (κ3) is 5.49. The quantitative estimate of drug-likeness (QED) is 0.718. The van der Waals surface area contributed by atoms with Crippen molar-refractivity contribution in [2.45, 2.75) is 19.9 Å². The van der Waals surface area contributed by atoms with Gasteiger partial charge in [-0.1, -0.05) is 30.3 Å². The summed E-state index contributed by atoms with van der Waals surface area (Å²) in [6, 6.07) is 15.3. The molecule has 0 saturated carbocycles. The Morgan fingerprint density at radius 2 is 1.85 bits per heavy atom. The van der Waals surface area contributed by atoms with Crippen molar-refractivity contribution >= 4 is 21.6 Å². The van der Waals surface area contributed by atoms with Gasteiger partial charge in [-0.15, -0.1) is 0 Å². The molecule has 2 rings (SSSR count). The number of hydrogen-bond donors (Lipinski definition) is 1. The normalized spacial score (nSPS) is 12.3. The Morgan fingerprint density at radius 3 is 2.46 bits per heavy atom. The lowest BCUT2D eigenvalue weighted by Crippen LogP contribution is -2.48. The second-order valence-corrected chi connectivity index (χ2v) is 7.89. The Kier molecular flexibility index (Phi) is 6.63. The molecule has 2 aromatic carbocycles. The van der Waals surface area contributed by atoms with E-state index in [1.54, 1.807) is 37.3 Å². The number of para-hydroxylation sites is 1. The maximum Gasteiger partial charge on any atom is 0.243 e. The molecule has 0 aliphatic heterocycles. The van der Waals surface area contributed by atoms with Gasteiger partial charge in [-0.25, -0.2) is 8.42 Å². The number of nitrogens with one attached hydrogen (secondary N) is 1. The van der Waals surface area contributed by atoms with Crippen LogP contribution in [0.15, 0.2) is 54.6 Å². The smallest absolute Gasteiger partial charge is 0.243 e. The summed E-state index contributed by atoms with van der Waals surface area (Å²) in [7, 11) is -3.60. The number of anilines is 1. The Labute approximate surface area is 154 Å². The van der Waals surface area contributed by atoms with Gasteiger partial charge < -0.3 is 10.1 Å². The van der Waals surface area contributed by atoms with Gasteiger partial charge in [0.05, 0.1) is 18.5 Å². The molecule has 26 heavy (non-hydrogen) atoms. The van der Waals surface area contributed by atoms with Gasteiger partial charge in [-0.2, -0.15) is 0 Å². The van der Waals surface area contributed by atoms with Crippen molar-refractivity contribution in [3.8, 4) is 5.75 Å².